The molecule has 0 amide bonds. The van der Waals surface area contributed by atoms with Crippen molar-refractivity contribution in [2.75, 3.05) is 18.9 Å². The molecular weight excluding hydrogens is 246 g/mol. The molecule has 0 atom stereocenters. The number of benzene rings is 1. The van der Waals surface area contributed by atoms with Gasteiger partial charge in [0.1, 0.15) is 5.69 Å². The molecule has 0 fully saturated rings. The molecule has 19 heavy (non-hydrogen) atoms. The lowest BCUT2D eigenvalue weighted by Gasteiger charge is -2.26. The standard InChI is InChI=1S/C13H21N3O3/c1-10(2)15(6-3-7-17)9-11-4-5-13(16(18)19)12(14)8-11/h4-5,8,10,17H,3,6-7,9,14H2,1-2H3. The molecule has 6 heteroatoms. The smallest absolute Gasteiger partial charge is 0.292 e. The Labute approximate surface area is 113 Å². The van der Waals surface area contributed by atoms with Crippen molar-refractivity contribution in [1.29, 1.82) is 0 Å². The predicted molar refractivity (Wildman–Crippen MR) is 74.8 cm³/mol. The number of aliphatic hydroxyl groups is 1. The van der Waals surface area contributed by atoms with Crippen LogP contribution in [0.25, 0.3) is 0 Å². The molecule has 3 N–H and O–H groups in total. The van der Waals surface area contributed by atoms with Gasteiger partial charge >= 0.3 is 0 Å². The number of nitrogens with zero attached hydrogens (tertiary/aromatic N) is 2. The molecule has 0 aliphatic carbocycles. The molecule has 0 aliphatic heterocycles. The monoisotopic (exact) mass is 267 g/mol. The lowest BCUT2D eigenvalue weighted by Crippen LogP contribution is -2.31. The van der Waals surface area contributed by atoms with Gasteiger partial charge in [0.05, 0.1) is 4.92 Å². The number of rotatable bonds is 7. The molecule has 6 nitrogen and oxygen atoms in total. The van der Waals surface area contributed by atoms with Gasteiger partial charge in [0.2, 0.25) is 0 Å². The van der Waals surface area contributed by atoms with E-state index in [1.54, 1.807) is 12.1 Å². The summed E-state index contributed by atoms with van der Waals surface area (Å²) in [6, 6.07) is 5.15. The lowest BCUT2D eigenvalue weighted by atomic mass is 10.1. The summed E-state index contributed by atoms with van der Waals surface area (Å²) in [6.45, 7) is 5.76. The molecule has 0 aromatic heterocycles. The van der Waals surface area contributed by atoms with Crippen LogP contribution in [0.15, 0.2) is 18.2 Å². The topological polar surface area (TPSA) is 92.6 Å². The first-order valence-electron chi connectivity index (χ1n) is 6.33. The van der Waals surface area contributed by atoms with E-state index in [1.165, 1.54) is 6.07 Å². The Balaban J connectivity index is 2.79. The third-order valence-corrected chi connectivity index (χ3v) is 3.01. The number of nitrogens with two attached hydrogens (primary N) is 1. The van der Waals surface area contributed by atoms with Crippen LogP contribution in [0.4, 0.5) is 11.4 Å². The molecule has 0 unspecified atom stereocenters. The van der Waals surface area contributed by atoms with Crippen molar-refractivity contribution in [3.63, 3.8) is 0 Å². The van der Waals surface area contributed by atoms with Gasteiger partial charge in [0.25, 0.3) is 5.69 Å². The van der Waals surface area contributed by atoms with E-state index in [4.69, 9.17) is 10.8 Å². The first-order chi connectivity index (χ1) is 8.95. The van der Waals surface area contributed by atoms with Crippen molar-refractivity contribution in [2.24, 2.45) is 0 Å². The van der Waals surface area contributed by atoms with Gasteiger partial charge in [0, 0.05) is 31.8 Å². The number of nitrogen functional groups attached to an aromatic ring is 1. The zero-order valence-corrected chi connectivity index (χ0v) is 11.4. The Morgan fingerprint density at radius 2 is 2.16 bits per heavy atom. The van der Waals surface area contributed by atoms with Crippen LogP contribution in [0.1, 0.15) is 25.8 Å². The largest absolute Gasteiger partial charge is 0.396 e. The van der Waals surface area contributed by atoms with E-state index in [9.17, 15) is 10.1 Å². The third kappa shape index (κ3) is 4.50. The maximum absolute atomic E-state index is 10.7. The van der Waals surface area contributed by atoms with Gasteiger partial charge in [-0.1, -0.05) is 6.07 Å². The van der Waals surface area contributed by atoms with Crippen molar-refractivity contribution < 1.29 is 10.0 Å². The van der Waals surface area contributed by atoms with Gasteiger partial charge in [0.15, 0.2) is 0 Å². The fourth-order valence-corrected chi connectivity index (χ4v) is 1.90. The molecule has 0 saturated carbocycles. The van der Waals surface area contributed by atoms with E-state index in [2.05, 4.69) is 18.7 Å². The fraction of sp³-hybridized carbons (Fsp3) is 0.538. The minimum Gasteiger partial charge on any atom is -0.396 e. The second kappa shape index (κ2) is 7.06. The summed E-state index contributed by atoms with van der Waals surface area (Å²) >= 11 is 0. The number of nitro benzene ring substituents is 1. The van der Waals surface area contributed by atoms with Gasteiger partial charge in [-0.2, -0.15) is 0 Å². The maximum atomic E-state index is 10.7. The molecule has 1 rings (SSSR count). The van der Waals surface area contributed by atoms with Gasteiger partial charge in [-0.05, 0) is 31.9 Å². The number of hydrogen-bond acceptors (Lipinski definition) is 5. The molecule has 0 bridgehead atoms. The average molecular weight is 267 g/mol. The highest BCUT2D eigenvalue weighted by Crippen LogP contribution is 2.23. The molecule has 1 aromatic carbocycles. The molecule has 106 valence electrons. The minimum atomic E-state index is -0.481. The SMILES string of the molecule is CC(C)N(CCCO)Cc1ccc([N+](=O)[O-])c(N)c1. The summed E-state index contributed by atoms with van der Waals surface area (Å²) in [6.07, 6.45) is 0.709. The number of nitro groups is 1. The Hall–Kier alpha value is -1.66. The van der Waals surface area contributed by atoms with Crippen LogP contribution in [0.3, 0.4) is 0 Å². The summed E-state index contributed by atoms with van der Waals surface area (Å²) in [5.41, 5.74) is 6.74. The maximum Gasteiger partial charge on any atom is 0.292 e. The molecule has 0 radical (unpaired) electrons. The summed E-state index contributed by atoms with van der Waals surface area (Å²) < 4.78 is 0. The van der Waals surface area contributed by atoms with E-state index in [1.807, 2.05) is 0 Å². The van der Waals surface area contributed by atoms with Crippen molar-refractivity contribution in [2.45, 2.75) is 32.9 Å². The quantitative estimate of drug-likeness (QED) is 0.446. The Morgan fingerprint density at radius 3 is 2.63 bits per heavy atom. The Bertz CT molecular complexity index is 435. The minimum absolute atomic E-state index is 0.0600. The number of hydrogen-bond donors (Lipinski definition) is 2. The van der Waals surface area contributed by atoms with Crippen LogP contribution < -0.4 is 5.73 Å². The van der Waals surface area contributed by atoms with Crippen LogP contribution in [0, 0.1) is 10.1 Å². The van der Waals surface area contributed by atoms with E-state index >= 15 is 0 Å². The number of aliphatic hydroxyl groups excluding tert-OH is 1. The van der Waals surface area contributed by atoms with Gasteiger partial charge in [-0.15, -0.1) is 0 Å². The predicted octanol–water partition coefficient (Wildman–Crippen LogP) is 1.77. The molecule has 0 spiro atoms. The van der Waals surface area contributed by atoms with E-state index in [0.29, 0.717) is 19.0 Å². The first-order valence-corrected chi connectivity index (χ1v) is 6.33. The average Bonchev–Trinajstić information content (AvgIpc) is 2.33. The molecule has 0 aliphatic rings. The number of anilines is 1. The van der Waals surface area contributed by atoms with Gasteiger partial charge in [-0.3, -0.25) is 15.0 Å². The second-order valence-corrected chi connectivity index (χ2v) is 4.79. The summed E-state index contributed by atoms with van der Waals surface area (Å²) in [7, 11) is 0. The van der Waals surface area contributed by atoms with Crippen molar-refractivity contribution in [1.82, 2.24) is 4.90 Å². The molecule has 1 aromatic rings. The summed E-state index contributed by atoms with van der Waals surface area (Å²) in [4.78, 5) is 12.4. The lowest BCUT2D eigenvalue weighted by molar-refractivity contribution is -0.383. The zero-order chi connectivity index (χ0) is 14.4. The highest BCUT2D eigenvalue weighted by atomic mass is 16.6. The van der Waals surface area contributed by atoms with E-state index < -0.39 is 4.92 Å². The van der Waals surface area contributed by atoms with Gasteiger partial charge < -0.3 is 10.8 Å². The molecule has 0 heterocycles. The summed E-state index contributed by atoms with van der Waals surface area (Å²) in [5.74, 6) is 0. The van der Waals surface area contributed by atoms with Crippen LogP contribution in [0.5, 0.6) is 0 Å². The Kier molecular flexibility index (Phi) is 5.72. The van der Waals surface area contributed by atoms with Crippen LogP contribution in [-0.2, 0) is 6.54 Å². The highest BCUT2D eigenvalue weighted by molar-refractivity contribution is 5.59. The molecular formula is C13H21N3O3. The van der Waals surface area contributed by atoms with Crippen LogP contribution in [0.2, 0.25) is 0 Å². The highest BCUT2D eigenvalue weighted by Gasteiger charge is 2.14. The third-order valence-electron chi connectivity index (χ3n) is 3.01. The van der Waals surface area contributed by atoms with Gasteiger partial charge in [-0.25, -0.2) is 0 Å². The second-order valence-electron chi connectivity index (χ2n) is 4.79. The van der Waals surface area contributed by atoms with Crippen molar-refractivity contribution in [3.05, 3.63) is 33.9 Å². The Morgan fingerprint density at radius 1 is 1.47 bits per heavy atom. The van der Waals surface area contributed by atoms with Crippen LogP contribution >= 0.6 is 0 Å². The molecule has 0 saturated heterocycles. The van der Waals surface area contributed by atoms with Crippen molar-refractivity contribution >= 4 is 11.4 Å². The summed E-state index contributed by atoms with van der Waals surface area (Å²) in [5, 5.41) is 19.6. The first kappa shape index (κ1) is 15.4. The normalized spacial score (nSPS) is 11.2. The fourth-order valence-electron chi connectivity index (χ4n) is 1.90. The van der Waals surface area contributed by atoms with E-state index in [-0.39, 0.29) is 18.0 Å². The van der Waals surface area contributed by atoms with Crippen molar-refractivity contribution in [3.8, 4) is 0 Å². The zero-order valence-electron chi connectivity index (χ0n) is 11.4. The van der Waals surface area contributed by atoms with Crippen LogP contribution in [-0.4, -0.2) is 34.1 Å². The van der Waals surface area contributed by atoms with E-state index in [0.717, 1.165) is 12.1 Å².